The van der Waals surface area contributed by atoms with E-state index in [1.54, 1.807) is 0 Å². The van der Waals surface area contributed by atoms with Gasteiger partial charge in [-0.3, -0.25) is 4.39 Å². The second kappa shape index (κ2) is 9.74. The third-order valence-corrected chi connectivity index (χ3v) is 5.01. The first kappa shape index (κ1) is 16.9. The summed E-state index contributed by atoms with van der Waals surface area (Å²) in [5.74, 6) is 2.27. The quantitative estimate of drug-likeness (QED) is 0.702. The van der Waals surface area contributed by atoms with Crippen LogP contribution in [-0.2, 0) is 0 Å². The SMILES string of the molecule is CC.CCN1CCC(CC2CCC(CF)CC2)CC1. The molecule has 0 amide bonds. The number of halogens is 1. The van der Waals surface area contributed by atoms with Gasteiger partial charge in [0.05, 0.1) is 6.67 Å². The number of hydrogen-bond acceptors (Lipinski definition) is 1. The minimum atomic E-state index is -0.0817. The zero-order valence-electron chi connectivity index (χ0n) is 13.3. The maximum atomic E-state index is 12.5. The monoisotopic (exact) mass is 271 g/mol. The number of hydrogen-bond donors (Lipinski definition) is 0. The Labute approximate surface area is 119 Å². The van der Waals surface area contributed by atoms with Crippen LogP contribution in [0.5, 0.6) is 0 Å². The van der Waals surface area contributed by atoms with Crippen molar-refractivity contribution < 1.29 is 4.39 Å². The van der Waals surface area contributed by atoms with Crippen LogP contribution < -0.4 is 0 Å². The number of nitrogens with zero attached hydrogens (tertiary/aromatic N) is 1. The molecule has 0 radical (unpaired) electrons. The Hall–Kier alpha value is -0.110. The molecule has 114 valence electrons. The third kappa shape index (κ3) is 5.81. The van der Waals surface area contributed by atoms with Crippen LogP contribution in [0.15, 0.2) is 0 Å². The molecule has 2 heteroatoms. The van der Waals surface area contributed by atoms with Crippen LogP contribution >= 0.6 is 0 Å². The highest BCUT2D eigenvalue weighted by molar-refractivity contribution is 4.78. The van der Waals surface area contributed by atoms with E-state index < -0.39 is 0 Å². The summed E-state index contributed by atoms with van der Waals surface area (Å²) in [6.45, 7) is 10.0. The van der Waals surface area contributed by atoms with Crippen LogP contribution in [0.25, 0.3) is 0 Å². The molecule has 0 bridgehead atoms. The van der Waals surface area contributed by atoms with Gasteiger partial charge in [0.15, 0.2) is 0 Å². The highest BCUT2D eigenvalue weighted by Gasteiger charge is 2.25. The fourth-order valence-electron chi connectivity index (χ4n) is 3.63. The van der Waals surface area contributed by atoms with Gasteiger partial charge in [0.1, 0.15) is 0 Å². The topological polar surface area (TPSA) is 3.24 Å². The van der Waals surface area contributed by atoms with Crippen LogP contribution in [0, 0.1) is 17.8 Å². The smallest absolute Gasteiger partial charge is 0.0922 e. The molecule has 19 heavy (non-hydrogen) atoms. The van der Waals surface area contributed by atoms with Crippen molar-refractivity contribution in [2.45, 2.75) is 65.7 Å². The minimum absolute atomic E-state index is 0.0817. The number of alkyl halides is 1. The Morgan fingerprint density at radius 1 is 0.842 bits per heavy atom. The van der Waals surface area contributed by atoms with Gasteiger partial charge in [0, 0.05) is 0 Å². The molecule has 0 unspecified atom stereocenters. The molecular formula is C17H34FN. The lowest BCUT2D eigenvalue weighted by Crippen LogP contribution is -2.34. The number of likely N-dealkylation sites (tertiary alicyclic amines) is 1. The summed E-state index contributed by atoms with van der Waals surface area (Å²) in [6, 6.07) is 0. The molecule has 1 heterocycles. The number of piperidine rings is 1. The predicted octanol–water partition coefficient (Wildman–Crippen LogP) is 4.91. The van der Waals surface area contributed by atoms with Crippen LogP contribution in [0.1, 0.15) is 65.7 Å². The van der Waals surface area contributed by atoms with Crippen molar-refractivity contribution in [1.29, 1.82) is 0 Å². The second-order valence-corrected chi connectivity index (χ2v) is 6.15. The highest BCUT2D eigenvalue weighted by Crippen LogP contribution is 2.35. The molecule has 1 aliphatic carbocycles. The fourth-order valence-corrected chi connectivity index (χ4v) is 3.63. The van der Waals surface area contributed by atoms with E-state index in [-0.39, 0.29) is 6.67 Å². The summed E-state index contributed by atoms with van der Waals surface area (Å²) in [4.78, 5) is 2.57. The molecule has 1 saturated carbocycles. The van der Waals surface area contributed by atoms with Crippen LogP contribution in [-0.4, -0.2) is 31.2 Å². The first-order valence-corrected chi connectivity index (χ1v) is 8.60. The molecule has 1 saturated heterocycles. The Morgan fingerprint density at radius 3 is 1.79 bits per heavy atom. The van der Waals surface area contributed by atoms with Crippen molar-refractivity contribution in [3.8, 4) is 0 Å². The van der Waals surface area contributed by atoms with E-state index in [4.69, 9.17) is 0 Å². The first-order valence-electron chi connectivity index (χ1n) is 8.60. The van der Waals surface area contributed by atoms with Gasteiger partial charge in [-0.25, -0.2) is 0 Å². The van der Waals surface area contributed by atoms with Gasteiger partial charge in [-0.15, -0.1) is 0 Å². The Kier molecular flexibility index (Phi) is 8.69. The van der Waals surface area contributed by atoms with Gasteiger partial charge in [-0.2, -0.15) is 0 Å². The van der Waals surface area contributed by atoms with Gasteiger partial charge in [-0.1, -0.05) is 33.6 Å². The molecule has 0 aromatic carbocycles. The zero-order valence-corrected chi connectivity index (χ0v) is 13.3. The average Bonchev–Trinajstić information content (AvgIpc) is 2.51. The molecule has 0 N–H and O–H groups in total. The third-order valence-electron chi connectivity index (χ3n) is 5.01. The average molecular weight is 271 g/mol. The highest BCUT2D eigenvalue weighted by atomic mass is 19.1. The lowest BCUT2D eigenvalue weighted by Gasteiger charge is -2.35. The molecular weight excluding hydrogens is 237 g/mol. The van der Waals surface area contributed by atoms with Gasteiger partial charge in [0.2, 0.25) is 0 Å². The maximum absolute atomic E-state index is 12.5. The van der Waals surface area contributed by atoms with E-state index in [0.29, 0.717) is 5.92 Å². The lowest BCUT2D eigenvalue weighted by molar-refractivity contribution is 0.150. The number of rotatable bonds is 4. The van der Waals surface area contributed by atoms with Crippen molar-refractivity contribution in [2.24, 2.45) is 17.8 Å². The molecule has 2 aliphatic rings. The van der Waals surface area contributed by atoms with Crippen LogP contribution in [0.4, 0.5) is 4.39 Å². The maximum Gasteiger partial charge on any atom is 0.0922 e. The van der Waals surface area contributed by atoms with E-state index in [0.717, 1.165) is 24.7 Å². The summed E-state index contributed by atoms with van der Waals surface area (Å²) < 4.78 is 12.5. The van der Waals surface area contributed by atoms with E-state index in [1.807, 2.05) is 13.8 Å². The Bertz CT molecular complexity index is 181. The summed E-state index contributed by atoms with van der Waals surface area (Å²) in [5, 5.41) is 0. The van der Waals surface area contributed by atoms with E-state index in [9.17, 15) is 4.39 Å². The van der Waals surface area contributed by atoms with Crippen LogP contribution in [0.3, 0.4) is 0 Å². The van der Waals surface area contributed by atoms with E-state index in [1.165, 1.54) is 51.7 Å². The van der Waals surface area contributed by atoms with Crippen molar-refractivity contribution >= 4 is 0 Å². The first-order chi connectivity index (χ1) is 9.31. The predicted molar refractivity (Wildman–Crippen MR) is 82.2 cm³/mol. The van der Waals surface area contributed by atoms with Crippen molar-refractivity contribution in [3.05, 3.63) is 0 Å². The largest absolute Gasteiger partial charge is 0.304 e. The van der Waals surface area contributed by atoms with E-state index >= 15 is 0 Å². The molecule has 0 atom stereocenters. The fraction of sp³-hybridized carbons (Fsp3) is 1.00. The Morgan fingerprint density at radius 2 is 1.32 bits per heavy atom. The molecule has 0 aromatic rings. The molecule has 2 fully saturated rings. The van der Waals surface area contributed by atoms with Gasteiger partial charge in [0.25, 0.3) is 0 Å². The molecule has 0 aromatic heterocycles. The summed E-state index contributed by atoms with van der Waals surface area (Å²) in [7, 11) is 0. The molecule has 2 rings (SSSR count). The van der Waals surface area contributed by atoms with Crippen LogP contribution in [0.2, 0.25) is 0 Å². The summed E-state index contributed by atoms with van der Waals surface area (Å²) >= 11 is 0. The molecule has 0 spiro atoms. The normalized spacial score (nSPS) is 29.7. The van der Waals surface area contributed by atoms with Crippen molar-refractivity contribution in [1.82, 2.24) is 4.90 Å². The van der Waals surface area contributed by atoms with Crippen molar-refractivity contribution in [3.63, 3.8) is 0 Å². The summed E-state index contributed by atoms with van der Waals surface area (Å²) in [5.41, 5.74) is 0. The second-order valence-electron chi connectivity index (χ2n) is 6.15. The summed E-state index contributed by atoms with van der Waals surface area (Å²) in [6.07, 6.45) is 9.11. The molecule has 1 aliphatic heterocycles. The standard InChI is InChI=1S/C15H28FN.C2H6/c1-2-17-9-7-14(8-10-17)11-13-3-5-15(12-16)6-4-13;1-2/h13-15H,2-12H2,1H3;1-2H3. The van der Waals surface area contributed by atoms with E-state index in [2.05, 4.69) is 11.8 Å². The zero-order chi connectivity index (χ0) is 14.1. The molecule has 1 nitrogen and oxygen atoms in total. The van der Waals surface area contributed by atoms with Gasteiger partial charge in [-0.05, 0) is 69.5 Å². The minimum Gasteiger partial charge on any atom is -0.304 e. The Balaban J connectivity index is 0.000000861. The van der Waals surface area contributed by atoms with Gasteiger partial charge >= 0.3 is 0 Å². The lowest BCUT2D eigenvalue weighted by atomic mass is 9.76. The van der Waals surface area contributed by atoms with Gasteiger partial charge < -0.3 is 4.90 Å². The van der Waals surface area contributed by atoms with Crippen molar-refractivity contribution in [2.75, 3.05) is 26.3 Å².